The van der Waals surface area contributed by atoms with Gasteiger partial charge in [-0.05, 0) is 31.2 Å². The molecule has 1 aromatic rings. The molecule has 0 spiro atoms. The molecular weight excluding hydrogens is 780 g/mol. The molecule has 0 aliphatic rings. The van der Waals surface area contributed by atoms with E-state index in [1.807, 2.05) is 26.8 Å². The molecule has 0 aromatic heterocycles. The zero-order valence-corrected chi connectivity index (χ0v) is 35.6. The van der Waals surface area contributed by atoms with E-state index < -0.39 is 99.2 Å². The van der Waals surface area contributed by atoms with Crippen LogP contribution in [0.25, 0.3) is 0 Å². The lowest BCUT2D eigenvalue weighted by Gasteiger charge is -2.20. The Morgan fingerprint density at radius 1 is 0.583 bits per heavy atom. The molecule has 1 aromatic carbocycles. The number of likely N-dealkylation sites (N-methyl/N-ethyl adjacent to an activating group) is 1. The first-order valence-corrected chi connectivity index (χ1v) is 20.7. The summed E-state index contributed by atoms with van der Waals surface area (Å²) in [6.45, 7) is 5.38. The minimum Gasteiger partial charge on any atom is -0.460 e. The number of nitrogens with one attached hydrogen (secondary N) is 7. The molecule has 0 saturated heterocycles. The van der Waals surface area contributed by atoms with Gasteiger partial charge in [0.25, 0.3) is 0 Å². The summed E-state index contributed by atoms with van der Waals surface area (Å²) >= 11 is 0. The summed E-state index contributed by atoms with van der Waals surface area (Å²) in [5, 5.41) is 16.5. The number of unbranched alkanes of at least 4 members (excludes halogenated alkanes) is 7. The highest BCUT2D eigenvalue weighted by molar-refractivity contribution is 5.94. The maximum Gasteiger partial charge on any atom is 0.325 e. The Balaban J connectivity index is 2.27. The van der Waals surface area contributed by atoms with Gasteiger partial charge in [-0.25, -0.2) is 0 Å². The van der Waals surface area contributed by atoms with Gasteiger partial charge in [-0.1, -0.05) is 96.0 Å². The van der Waals surface area contributed by atoms with Gasteiger partial charge in [0.05, 0.1) is 32.7 Å². The molecule has 8 amide bonds. The molecule has 1 atom stereocenters. The summed E-state index contributed by atoms with van der Waals surface area (Å²) in [6, 6.07) is 7.92. The number of carbonyl (C=O) groups is 9. The van der Waals surface area contributed by atoms with Crippen LogP contribution in [0.5, 0.6) is 0 Å². The van der Waals surface area contributed by atoms with E-state index in [0.717, 1.165) is 24.8 Å². The Hall–Kier alpha value is -5.59. The third-order valence-corrected chi connectivity index (χ3v) is 8.71. The van der Waals surface area contributed by atoms with Crippen molar-refractivity contribution in [3.05, 3.63) is 35.9 Å². The number of nitrogens with zero attached hydrogens (tertiary/aromatic N) is 1. The first kappa shape index (κ1) is 52.4. The van der Waals surface area contributed by atoms with E-state index in [-0.39, 0.29) is 31.5 Å². The Bertz CT molecular complexity index is 1510. The fraction of sp³-hybridized carbons (Fsp3) is 0.634. The lowest BCUT2D eigenvalue weighted by molar-refractivity contribution is -0.145. The molecule has 60 heavy (non-hydrogen) atoms. The number of hydrogen-bond donors (Lipinski definition) is 7. The first-order chi connectivity index (χ1) is 28.7. The second-order valence-corrected chi connectivity index (χ2v) is 14.4. The van der Waals surface area contributed by atoms with Gasteiger partial charge in [-0.2, -0.15) is 0 Å². The molecule has 19 heteroatoms. The molecular formula is C41H66N8O11. The Morgan fingerprint density at radius 2 is 1.08 bits per heavy atom. The van der Waals surface area contributed by atoms with Crippen LogP contribution >= 0.6 is 0 Å². The standard InChI is InChI=1S/C41H66N8O11/c1-5-7-8-9-10-11-12-16-19-49(6-2)39(56)29-59-28-38(55)45-23-34(51)42-21-33(50)44-25-37(54)48-32(20-30(3)4)41(58)47-24-36(53)43-22-35(52)46-26-40(57)60-27-31-17-14-13-15-18-31/h13-15,17-18,30,32H,5-12,16,19-29H2,1-4H3,(H,42,51)(H,43,53)(H,44,50)(H,45,55)(H,46,52)(H,47,58)(H,48,54)/t32-/m0/s1. The zero-order chi connectivity index (χ0) is 44.5. The highest BCUT2D eigenvalue weighted by atomic mass is 16.5. The monoisotopic (exact) mass is 846 g/mol. The summed E-state index contributed by atoms with van der Waals surface area (Å²) in [7, 11) is 0. The van der Waals surface area contributed by atoms with Crippen LogP contribution in [0.3, 0.4) is 0 Å². The molecule has 0 saturated carbocycles. The summed E-state index contributed by atoms with van der Waals surface area (Å²) in [5.74, 6) is -5.68. The summed E-state index contributed by atoms with van der Waals surface area (Å²) in [5.41, 5.74) is 0.782. The predicted octanol–water partition coefficient (Wildman–Crippen LogP) is -0.0363. The molecule has 336 valence electrons. The maximum atomic E-state index is 12.8. The van der Waals surface area contributed by atoms with Crippen molar-refractivity contribution in [3.63, 3.8) is 0 Å². The Kier molecular flexibility index (Phi) is 28.2. The van der Waals surface area contributed by atoms with Crippen molar-refractivity contribution in [2.24, 2.45) is 5.92 Å². The van der Waals surface area contributed by atoms with E-state index in [2.05, 4.69) is 44.1 Å². The van der Waals surface area contributed by atoms with Crippen LogP contribution in [0, 0.1) is 5.92 Å². The summed E-state index contributed by atoms with van der Waals surface area (Å²) < 4.78 is 10.3. The van der Waals surface area contributed by atoms with Crippen molar-refractivity contribution in [1.82, 2.24) is 42.1 Å². The van der Waals surface area contributed by atoms with Crippen LogP contribution in [-0.2, 0) is 59.2 Å². The van der Waals surface area contributed by atoms with Crippen LogP contribution in [-0.4, -0.2) is 130 Å². The predicted molar refractivity (Wildman–Crippen MR) is 221 cm³/mol. The largest absolute Gasteiger partial charge is 0.460 e. The van der Waals surface area contributed by atoms with Crippen molar-refractivity contribution >= 4 is 53.2 Å². The van der Waals surface area contributed by atoms with Gasteiger partial charge < -0.3 is 51.6 Å². The van der Waals surface area contributed by atoms with E-state index in [1.165, 1.54) is 32.1 Å². The van der Waals surface area contributed by atoms with E-state index in [9.17, 15) is 43.2 Å². The topological polar surface area (TPSA) is 260 Å². The summed E-state index contributed by atoms with van der Waals surface area (Å²) in [6.07, 6.45) is 9.48. The van der Waals surface area contributed by atoms with Gasteiger partial charge in [0.15, 0.2) is 0 Å². The molecule has 0 aliphatic heterocycles. The van der Waals surface area contributed by atoms with E-state index in [1.54, 1.807) is 29.2 Å². The van der Waals surface area contributed by atoms with Gasteiger partial charge in [-0.15, -0.1) is 0 Å². The average molecular weight is 847 g/mol. The smallest absolute Gasteiger partial charge is 0.325 e. The van der Waals surface area contributed by atoms with Crippen molar-refractivity contribution in [3.8, 4) is 0 Å². The normalized spacial score (nSPS) is 11.1. The minimum atomic E-state index is -1.05. The molecule has 0 fully saturated rings. The molecule has 0 bridgehead atoms. The molecule has 1 rings (SSSR count). The van der Waals surface area contributed by atoms with E-state index in [0.29, 0.717) is 13.1 Å². The van der Waals surface area contributed by atoms with Gasteiger partial charge >= 0.3 is 5.97 Å². The number of ether oxygens (including phenoxy) is 2. The number of benzene rings is 1. The lowest BCUT2D eigenvalue weighted by Crippen LogP contribution is -2.52. The molecule has 0 unspecified atom stereocenters. The zero-order valence-electron chi connectivity index (χ0n) is 35.6. The van der Waals surface area contributed by atoms with Crippen molar-refractivity contribution in [2.45, 2.75) is 98.1 Å². The number of amides is 8. The van der Waals surface area contributed by atoms with Crippen molar-refractivity contribution in [2.75, 3.05) is 65.6 Å². The third kappa shape index (κ3) is 27.2. The fourth-order valence-electron chi connectivity index (χ4n) is 5.43. The quantitative estimate of drug-likeness (QED) is 0.0374. The van der Waals surface area contributed by atoms with Gasteiger partial charge in [0.1, 0.15) is 32.4 Å². The highest BCUT2D eigenvalue weighted by Gasteiger charge is 2.23. The van der Waals surface area contributed by atoms with Gasteiger partial charge in [0.2, 0.25) is 47.3 Å². The second-order valence-electron chi connectivity index (χ2n) is 14.4. The van der Waals surface area contributed by atoms with E-state index in [4.69, 9.17) is 9.47 Å². The van der Waals surface area contributed by atoms with Crippen LogP contribution in [0.2, 0.25) is 0 Å². The Labute approximate surface area is 352 Å². The van der Waals surface area contributed by atoms with Crippen LogP contribution in [0.15, 0.2) is 30.3 Å². The van der Waals surface area contributed by atoms with Gasteiger partial charge in [0, 0.05) is 13.1 Å². The second kappa shape index (κ2) is 32.3. The van der Waals surface area contributed by atoms with Crippen LogP contribution in [0.4, 0.5) is 0 Å². The average Bonchev–Trinajstić information content (AvgIpc) is 3.23. The van der Waals surface area contributed by atoms with Crippen molar-refractivity contribution in [1.29, 1.82) is 0 Å². The minimum absolute atomic E-state index is 0.0434. The number of rotatable bonds is 32. The first-order valence-electron chi connectivity index (χ1n) is 20.7. The van der Waals surface area contributed by atoms with Crippen LogP contribution in [0.1, 0.15) is 91.0 Å². The molecule has 0 aliphatic carbocycles. The number of esters is 1. The molecule has 19 nitrogen and oxygen atoms in total. The maximum absolute atomic E-state index is 12.8. The lowest BCUT2D eigenvalue weighted by atomic mass is 10.0. The molecule has 0 heterocycles. The highest BCUT2D eigenvalue weighted by Crippen LogP contribution is 2.09. The Morgan fingerprint density at radius 3 is 1.63 bits per heavy atom. The SMILES string of the molecule is CCCCCCCCCCN(CC)C(=O)COCC(=O)NCC(=O)NCC(=O)NCC(=O)N[C@@H](CC(C)C)C(=O)NCC(=O)NCC(=O)NCC(=O)OCc1ccccc1. The number of carbonyl (C=O) groups excluding carboxylic acids is 9. The third-order valence-electron chi connectivity index (χ3n) is 8.71. The van der Waals surface area contributed by atoms with Crippen molar-refractivity contribution < 1.29 is 52.6 Å². The molecule has 0 radical (unpaired) electrons. The van der Waals surface area contributed by atoms with Crippen LogP contribution < -0.4 is 37.2 Å². The van der Waals surface area contributed by atoms with E-state index >= 15 is 0 Å². The number of hydrogen-bond acceptors (Lipinski definition) is 11. The molecule has 7 N–H and O–H groups in total. The fourth-order valence-corrected chi connectivity index (χ4v) is 5.43. The summed E-state index contributed by atoms with van der Waals surface area (Å²) in [4.78, 5) is 112. The van der Waals surface area contributed by atoms with Gasteiger partial charge in [-0.3, -0.25) is 43.2 Å².